The first-order chi connectivity index (χ1) is 8.31. The zero-order valence-corrected chi connectivity index (χ0v) is 12.3. The van der Waals surface area contributed by atoms with Gasteiger partial charge in [0.15, 0.2) is 0 Å². The summed E-state index contributed by atoms with van der Waals surface area (Å²) in [4.78, 5) is 0.226. The van der Waals surface area contributed by atoms with Crippen molar-refractivity contribution < 1.29 is 12.6 Å². The smallest absolute Gasteiger partial charge is 0.263 e. The lowest BCUT2D eigenvalue weighted by molar-refractivity contribution is 0.208. The van der Waals surface area contributed by atoms with Gasteiger partial charge in [0.2, 0.25) is 0 Å². The monoisotopic (exact) mass is 270 g/mol. The highest BCUT2D eigenvalue weighted by Crippen LogP contribution is 2.18. The van der Waals surface area contributed by atoms with Gasteiger partial charge in [0.1, 0.15) is 0 Å². The Kier molecular flexibility index (Phi) is 5.35. The number of hydrogen-bond donors (Lipinski definition) is 0. The van der Waals surface area contributed by atoms with Gasteiger partial charge in [0.05, 0.1) is 11.0 Å². The van der Waals surface area contributed by atoms with Gasteiger partial charge in [-0.05, 0) is 44.7 Å². The summed E-state index contributed by atoms with van der Waals surface area (Å²) in [6, 6.07) is 6.71. The minimum Gasteiger partial charge on any atom is -0.263 e. The lowest BCUT2D eigenvalue weighted by Gasteiger charge is -2.14. The number of benzene rings is 1. The second-order valence-corrected chi connectivity index (χ2v) is 6.72. The standard InChI is InChI=1S/C14H22O3S/c1-11(2)5-8-13(4)17-18(15,16)14-9-6-12(3)7-10-14/h6-7,9-11,13H,5,8H2,1-4H3. The molecule has 0 radical (unpaired) electrons. The molecule has 1 unspecified atom stereocenters. The fraction of sp³-hybridized carbons (Fsp3) is 0.571. The van der Waals surface area contributed by atoms with E-state index in [9.17, 15) is 8.42 Å². The van der Waals surface area contributed by atoms with Gasteiger partial charge in [0.25, 0.3) is 10.1 Å². The molecule has 4 heteroatoms. The van der Waals surface area contributed by atoms with Crippen LogP contribution in [0.15, 0.2) is 29.2 Å². The maximum Gasteiger partial charge on any atom is 0.297 e. The van der Waals surface area contributed by atoms with Crippen LogP contribution >= 0.6 is 0 Å². The van der Waals surface area contributed by atoms with Crippen molar-refractivity contribution in [3.8, 4) is 0 Å². The number of rotatable bonds is 6. The first kappa shape index (κ1) is 15.2. The maximum atomic E-state index is 12.0. The molecule has 0 amide bonds. The summed E-state index contributed by atoms with van der Waals surface area (Å²) in [5, 5.41) is 0. The zero-order valence-electron chi connectivity index (χ0n) is 11.5. The first-order valence-corrected chi connectivity index (χ1v) is 7.72. The van der Waals surface area contributed by atoms with Crippen LogP contribution < -0.4 is 0 Å². The van der Waals surface area contributed by atoms with Crippen molar-refractivity contribution in [3.05, 3.63) is 29.8 Å². The van der Waals surface area contributed by atoms with Gasteiger partial charge in [-0.1, -0.05) is 31.5 Å². The molecule has 0 aromatic heterocycles. The van der Waals surface area contributed by atoms with E-state index in [2.05, 4.69) is 13.8 Å². The lowest BCUT2D eigenvalue weighted by Crippen LogP contribution is -2.16. The fourth-order valence-electron chi connectivity index (χ4n) is 1.59. The van der Waals surface area contributed by atoms with Crippen LogP contribution in [0.4, 0.5) is 0 Å². The Hall–Kier alpha value is -0.870. The van der Waals surface area contributed by atoms with Crippen LogP contribution in [0.3, 0.4) is 0 Å². The predicted molar refractivity (Wildman–Crippen MR) is 73.0 cm³/mol. The Balaban J connectivity index is 2.67. The van der Waals surface area contributed by atoms with E-state index in [1.54, 1.807) is 31.2 Å². The summed E-state index contributed by atoms with van der Waals surface area (Å²) in [5.41, 5.74) is 1.03. The van der Waals surface area contributed by atoms with Crippen molar-refractivity contribution >= 4 is 10.1 Å². The minimum absolute atomic E-state index is 0.226. The van der Waals surface area contributed by atoms with Crippen LogP contribution in [0.2, 0.25) is 0 Å². The summed E-state index contributed by atoms with van der Waals surface area (Å²) in [7, 11) is -3.62. The van der Waals surface area contributed by atoms with Crippen molar-refractivity contribution in [2.75, 3.05) is 0 Å². The summed E-state index contributed by atoms with van der Waals surface area (Å²) in [6.07, 6.45) is 1.44. The second kappa shape index (κ2) is 6.34. The van der Waals surface area contributed by atoms with Crippen LogP contribution in [0.25, 0.3) is 0 Å². The first-order valence-electron chi connectivity index (χ1n) is 6.31. The summed E-state index contributed by atoms with van der Waals surface area (Å²) in [5.74, 6) is 0.554. The molecule has 0 saturated carbocycles. The Morgan fingerprint density at radius 2 is 1.61 bits per heavy atom. The highest BCUT2D eigenvalue weighted by atomic mass is 32.2. The van der Waals surface area contributed by atoms with Crippen LogP contribution in [-0.4, -0.2) is 14.5 Å². The highest BCUT2D eigenvalue weighted by molar-refractivity contribution is 7.86. The predicted octanol–water partition coefficient (Wildman–Crippen LogP) is 3.53. The zero-order chi connectivity index (χ0) is 13.8. The van der Waals surface area contributed by atoms with E-state index in [1.165, 1.54) is 0 Å². The third kappa shape index (κ3) is 4.78. The quantitative estimate of drug-likeness (QED) is 0.743. The van der Waals surface area contributed by atoms with E-state index >= 15 is 0 Å². The van der Waals surface area contributed by atoms with E-state index < -0.39 is 10.1 Å². The van der Waals surface area contributed by atoms with Crippen LogP contribution in [0.5, 0.6) is 0 Å². The molecule has 1 aromatic rings. The highest BCUT2D eigenvalue weighted by Gasteiger charge is 2.18. The van der Waals surface area contributed by atoms with E-state index in [1.807, 2.05) is 6.92 Å². The van der Waals surface area contributed by atoms with Crippen molar-refractivity contribution in [2.24, 2.45) is 5.92 Å². The molecule has 18 heavy (non-hydrogen) atoms. The minimum atomic E-state index is -3.62. The molecule has 0 aliphatic carbocycles. The summed E-state index contributed by atoms with van der Waals surface area (Å²) < 4.78 is 29.1. The Morgan fingerprint density at radius 1 is 1.06 bits per heavy atom. The van der Waals surface area contributed by atoms with Crippen molar-refractivity contribution in [2.45, 2.75) is 51.5 Å². The average molecular weight is 270 g/mol. The Morgan fingerprint density at radius 3 is 2.11 bits per heavy atom. The molecule has 0 aliphatic heterocycles. The van der Waals surface area contributed by atoms with Gasteiger partial charge in [-0.2, -0.15) is 8.42 Å². The van der Waals surface area contributed by atoms with E-state index in [4.69, 9.17) is 4.18 Å². The third-order valence-corrected chi connectivity index (χ3v) is 4.18. The normalized spacial score (nSPS) is 13.8. The van der Waals surface area contributed by atoms with Crippen LogP contribution in [0.1, 0.15) is 39.2 Å². The molecular formula is C14H22O3S. The van der Waals surface area contributed by atoms with Crippen LogP contribution in [0, 0.1) is 12.8 Å². The molecule has 1 rings (SSSR count). The average Bonchev–Trinajstić information content (AvgIpc) is 2.26. The van der Waals surface area contributed by atoms with Crippen molar-refractivity contribution in [1.82, 2.24) is 0 Å². The molecule has 1 aromatic carbocycles. The number of hydrogen-bond acceptors (Lipinski definition) is 3. The Bertz CT molecular complexity index is 460. The molecular weight excluding hydrogens is 248 g/mol. The van der Waals surface area contributed by atoms with Gasteiger partial charge in [-0.15, -0.1) is 0 Å². The summed E-state index contributed by atoms with van der Waals surface area (Å²) in [6.45, 7) is 7.94. The maximum absolute atomic E-state index is 12.0. The van der Waals surface area contributed by atoms with Gasteiger partial charge < -0.3 is 0 Å². The second-order valence-electron chi connectivity index (χ2n) is 5.15. The van der Waals surface area contributed by atoms with Gasteiger partial charge in [-0.25, -0.2) is 0 Å². The molecule has 0 saturated heterocycles. The molecule has 1 atom stereocenters. The van der Waals surface area contributed by atoms with E-state index in [0.717, 1.165) is 18.4 Å². The molecule has 0 N–H and O–H groups in total. The molecule has 102 valence electrons. The van der Waals surface area contributed by atoms with Gasteiger partial charge in [0, 0.05) is 0 Å². The van der Waals surface area contributed by atoms with Crippen molar-refractivity contribution in [3.63, 3.8) is 0 Å². The third-order valence-electron chi connectivity index (χ3n) is 2.75. The number of aryl methyl sites for hydroxylation is 1. The molecule has 0 spiro atoms. The molecule has 0 heterocycles. The molecule has 0 fully saturated rings. The van der Waals surface area contributed by atoms with Gasteiger partial charge >= 0.3 is 0 Å². The van der Waals surface area contributed by atoms with Crippen LogP contribution in [-0.2, 0) is 14.3 Å². The Labute approximate surface area is 110 Å². The van der Waals surface area contributed by atoms with E-state index in [-0.39, 0.29) is 11.0 Å². The topological polar surface area (TPSA) is 43.4 Å². The summed E-state index contributed by atoms with van der Waals surface area (Å²) >= 11 is 0. The molecule has 0 aliphatic rings. The lowest BCUT2D eigenvalue weighted by atomic mass is 10.1. The molecule has 3 nitrogen and oxygen atoms in total. The molecule has 0 bridgehead atoms. The fourth-order valence-corrected chi connectivity index (χ4v) is 2.70. The largest absolute Gasteiger partial charge is 0.297 e. The van der Waals surface area contributed by atoms with Gasteiger partial charge in [-0.3, -0.25) is 4.18 Å². The van der Waals surface area contributed by atoms with E-state index in [0.29, 0.717) is 5.92 Å². The SMILES string of the molecule is Cc1ccc(S(=O)(=O)OC(C)CCC(C)C)cc1. The van der Waals surface area contributed by atoms with Crippen molar-refractivity contribution in [1.29, 1.82) is 0 Å².